The molecule has 118 valence electrons. The maximum Gasteiger partial charge on any atom is 0.243 e. The van der Waals surface area contributed by atoms with Crippen LogP contribution in [0.25, 0.3) is 0 Å². The van der Waals surface area contributed by atoms with Crippen LogP contribution in [0.2, 0.25) is 5.02 Å². The Morgan fingerprint density at radius 2 is 1.86 bits per heavy atom. The summed E-state index contributed by atoms with van der Waals surface area (Å²) in [7, 11) is -7.18. The van der Waals surface area contributed by atoms with Gasteiger partial charge in [-0.15, -0.1) is 0 Å². The van der Waals surface area contributed by atoms with Crippen molar-refractivity contribution in [1.29, 1.82) is 0 Å². The first-order valence-corrected chi connectivity index (χ1v) is 9.70. The summed E-state index contributed by atoms with van der Waals surface area (Å²) in [6.45, 7) is -0.396. The second kappa shape index (κ2) is 5.81. The molecule has 0 aliphatic carbocycles. The van der Waals surface area contributed by atoms with E-state index in [0.717, 1.165) is 10.4 Å². The molecular weight excluding hydrogens is 343 g/mol. The van der Waals surface area contributed by atoms with Gasteiger partial charge in [0, 0.05) is 19.6 Å². The Kier molecular flexibility index (Phi) is 4.60. The smallest absolute Gasteiger partial charge is 0.243 e. The summed E-state index contributed by atoms with van der Waals surface area (Å²) in [5.41, 5.74) is 5.59. The van der Waals surface area contributed by atoms with E-state index in [4.69, 9.17) is 17.3 Å². The summed E-state index contributed by atoms with van der Waals surface area (Å²) >= 11 is 5.70. The van der Waals surface area contributed by atoms with E-state index in [1.54, 1.807) is 0 Å². The van der Waals surface area contributed by atoms with Gasteiger partial charge in [0.2, 0.25) is 10.0 Å². The van der Waals surface area contributed by atoms with Crippen LogP contribution in [0, 0.1) is 5.82 Å². The van der Waals surface area contributed by atoms with Gasteiger partial charge in [0.1, 0.15) is 5.82 Å². The minimum absolute atomic E-state index is 0.104. The Morgan fingerprint density at radius 1 is 1.29 bits per heavy atom. The Morgan fingerprint density at radius 3 is 2.38 bits per heavy atom. The summed E-state index contributed by atoms with van der Waals surface area (Å²) < 4.78 is 62.2. The first-order chi connectivity index (χ1) is 9.67. The molecule has 0 unspecified atom stereocenters. The lowest BCUT2D eigenvalue weighted by Gasteiger charge is -2.26. The molecular formula is C11H14ClFN2O4S2. The molecule has 1 aliphatic heterocycles. The third-order valence-electron chi connectivity index (χ3n) is 3.24. The van der Waals surface area contributed by atoms with Gasteiger partial charge in [0.05, 0.1) is 21.4 Å². The molecule has 2 N–H and O–H groups in total. The van der Waals surface area contributed by atoms with E-state index in [-0.39, 0.29) is 46.6 Å². The number of nitrogens with zero attached hydrogens (tertiary/aromatic N) is 1. The van der Waals surface area contributed by atoms with Crippen LogP contribution in [0.1, 0.15) is 5.56 Å². The number of benzene rings is 1. The van der Waals surface area contributed by atoms with Crippen LogP contribution in [0.3, 0.4) is 0 Å². The molecule has 1 fully saturated rings. The third-order valence-corrected chi connectivity index (χ3v) is 7.15. The number of rotatable bonds is 3. The molecule has 1 saturated heterocycles. The Hall–Kier alpha value is -0.740. The molecule has 21 heavy (non-hydrogen) atoms. The van der Waals surface area contributed by atoms with Crippen molar-refractivity contribution in [2.45, 2.75) is 11.4 Å². The topological polar surface area (TPSA) is 97.5 Å². The van der Waals surface area contributed by atoms with Gasteiger partial charge in [-0.3, -0.25) is 0 Å². The highest BCUT2D eigenvalue weighted by atomic mass is 35.5. The molecule has 1 aliphatic rings. The summed E-state index contributed by atoms with van der Waals surface area (Å²) in [5, 5.41) is -0.210. The molecule has 0 atom stereocenters. The van der Waals surface area contributed by atoms with E-state index in [2.05, 4.69) is 0 Å². The largest absolute Gasteiger partial charge is 0.326 e. The molecule has 1 aromatic rings. The zero-order valence-corrected chi connectivity index (χ0v) is 13.3. The Bertz CT molecular complexity index is 751. The third kappa shape index (κ3) is 3.37. The lowest BCUT2D eigenvalue weighted by molar-refractivity contribution is 0.430. The average molecular weight is 357 g/mol. The average Bonchev–Trinajstić information content (AvgIpc) is 2.41. The number of sulfonamides is 1. The van der Waals surface area contributed by atoms with Crippen molar-refractivity contribution in [2.24, 2.45) is 5.73 Å². The molecule has 6 nitrogen and oxygen atoms in total. The monoisotopic (exact) mass is 356 g/mol. The van der Waals surface area contributed by atoms with Crippen LogP contribution >= 0.6 is 11.6 Å². The van der Waals surface area contributed by atoms with Crippen molar-refractivity contribution in [3.63, 3.8) is 0 Å². The number of halogens is 2. The van der Waals surface area contributed by atoms with Crippen LogP contribution in [-0.2, 0) is 26.4 Å². The standard InChI is InChI=1S/C11H14ClFN2O4S2/c12-11-8(7-14)5-9(6-10(11)13)21(18,19)15-1-3-20(16,17)4-2-15/h5-6H,1-4,7,14H2. The fourth-order valence-corrected chi connectivity index (χ4v) is 5.12. The highest BCUT2D eigenvalue weighted by molar-refractivity contribution is 7.92. The zero-order valence-electron chi connectivity index (χ0n) is 10.9. The highest BCUT2D eigenvalue weighted by Crippen LogP contribution is 2.26. The van der Waals surface area contributed by atoms with Gasteiger partial charge in [-0.1, -0.05) is 11.6 Å². The Balaban J connectivity index is 2.39. The molecule has 0 spiro atoms. The predicted octanol–water partition coefficient (Wildman–Crippen LogP) is 0.357. The maximum absolute atomic E-state index is 13.7. The van der Waals surface area contributed by atoms with Gasteiger partial charge >= 0.3 is 0 Å². The first-order valence-electron chi connectivity index (χ1n) is 6.06. The molecule has 0 aromatic heterocycles. The maximum atomic E-state index is 13.7. The summed E-state index contributed by atoms with van der Waals surface area (Å²) in [6.07, 6.45) is 0. The number of sulfone groups is 1. The lowest BCUT2D eigenvalue weighted by Crippen LogP contribution is -2.43. The Labute approximate surface area is 127 Å². The first kappa shape index (κ1) is 16.6. The fraction of sp³-hybridized carbons (Fsp3) is 0.455. The molecule has 0 radical (unpaired) electrons. The second-order valence-electron chi connectivity index (χ2n) is 4.64. The fourth-order valence-electron chi connectivity index (χ4n) is 2.00. The molecule has 2 rings (SSSR count). The van der Waals surface area contributed by atoms with E-state index < -0.39 is 25.7 Å². The van der Waals surface area contributed by atoms with Gasteiger partial charge in [-0.2, -0.15) is 4.31 Å². The van der Waals surface area contributed by atoms with Crippen molar-refractivity contribution in [3.05, 3.63) is 28.5 Å². The number of hydrogen-bond donors (Lipinski definition) is 1. The van der Waals surface area contributed by atoms with Crippen molar-refractivity contribution in [1.82, 2.24) is 4.31 Å². The summed E-state index contributed by atoms with van der Waals surface area (Å²) in [5.74, 6) is -1.36. The zero-order chi connectivity index (χ0) is 15.8. The quantitative estimate of drug-likeness (QED) is 0.843. The van der Waals surface area contributed by atoms with Gasteiger partial charge in [0.25, 0.3) is 0 Å². The lowest BCUT2D eigenvalue weighted by atomic mass is 10.2. The molecule has 1 heterocycles. The van der Waals surface area contributed by atoms with Crippen LogP contribution < -0.4 is 5.73 Å². The van der Waals surface area contributed by atoms with Crippen molar-refractivity contribution in [2.75, 3.05) is 24.6 Å². The van der Waals surface area contributed by atoms with Gasteiger partial charge in [0.15, 0.2) is 9.84 Å². The number of nitrogens with two attached hydrogens (primary N) is 1. The van der Waals surface area contributed by atoms with Gasteiger partial charge in [-0.05, 0) is 17.7 Å². The van der Waals surface area contributed by atoms with E-state index in [9.17, 15) is 21.2 Å². The molecule has 0 bridgehead atoms. The SMILES string of the molecule is NCc1cc(S(=O)(=O)N2CCS(=O)(=O)CC2)cc(F)c1Cl. The van der Waals surface area contributed by atoms with Crippen LogP contribution in [0.15, 0.2) is 17.0 Å². The normalized spacial score (nSPS) is 19.6. The molecule has 0 amide bonds. The van der Waals surface area contributed by atoms with E-state index >= 15 is 0 Å². The van der Waals surface area contributed by atoms with Crippen molar-refractivity contribution in [3.8, 4) is 0 Å². The minimum atomic E-state index is -3.97. The predicted molar refractivity (Wildman–Crippen MR) is 76.7 cm³/mol. The van der Waals surface area contributed by atoms with E-state index in [1.807, 2.05) is 0 Å². The highest BCUT2D eigenvalue weighted by Gasteiger charge is 2.32. The second-order valence-corrected chi connectivity index (χ2v) is 9.26. The van der Waals surface area contributed by atoms with Crippen LogP contribution in [0.4, 0.5) is 4.39 Å². The number of hydrogen-bond acceptors (Lipinski definition) is 5. The van der Waals surface area contributed by atoms with Crippen LogP contribution in [0.5, 0.6) is 0 Å². The van der Waals surface area contributed by atoms with Crippen LogP contribution in [-0.4, -0.2) is 45.7 Å². The molecule has 1 aromatic carbocycles. The molecule has 0 saturated carbocycles. The van der Waals surface area contributed by atoms with E-state index in [1.165, 1.54) is 6.07 Å². The van der Waals surface area contributed by atoms with Crippen molar-refractivity contribution >= 4 is 31.5 Å². The van der Waals surface area contributed by atoms with Crippen molar-refractivity contribution < 1.29 is 21.2 Å². The van der Waals surface area contributed by atoms with E-state index in [0.29, 0.717) is 0 Å². The molecule has 10 heteroatoms. The minimum Gasteiger partial charge on any atom is -0.326 e. The van der Waals surface area contributed by atoms with Gasteiger partial charge < -0.3 is 5.73 Å². The summed E-state index contributed by atoms with van der Waals surface area (Å²) in [6, 6.07) is 2.03. The van der Waals surface area contributed by atoms with Gasteiger partial charge in [-0.25, -0.2) is 21.2 Å². The summed E-state index contributed by atoms with van der Waals surface area (Å²) in [4.78, 5) is -0.274.